The zero-order chi connectivity index (χ0) is 27.1. The van der Waals surface area contributed by atoms with E-state index in [1.165, 1.54) is 5.56 Å². The summed E-state index contributed by atoms with van der Waals surface area (Å²) < 4.78 is 10.9. The molecule has 0 radical (unpaired) electrons. The van der Waals surface area contributed by atoms with Crippen molar-refractivity contribution in [1.82, 2.24) is 20.1 Å². The fourth-order valence-corrected chi connectivity index (χ4v) is 5.30. The molecule has 3 heterocycles. The molecule has 1 saturated heterocycles. The number of carbonyl (C=O) groups is 2. The lowest BCUT2D eigenvalue weighted by atomic mass is 10.0. The van der Waals surface area contributed by atoms with E-state index in [1.807, 2.05) is 30.3 Å². The van der Waals surface area contributed by atoms with Crippen molar-refractivity contribution in [1.29, 1.82) is 0 Å². The van der Waals surface area contributed by atoms with Crippen LogP contribution < -0.4 is 25.0 Å². The second kappa shape index (κ2) is 9.82. The number of amides is 3. The van der Waals surface area contributed by atoms with Gasteiger partial charge in [0.25, 0.3) is 0 Å². The van der Waals surface area contributed by atoms with Gasteiger partial charge in [-0.25, -0.2) is 9.78 Å². The molecule has 2 fully saturated rings. The number of pyridine rings is 1. The standard InChI is InChI=1S/C28H29N7O4/c1-34-8-9-35(28(34)37)17-11-25(27(39-3)29-14-17)31-26-19-6-4-16(10-24(19)32-33-26)20-13-21(20)22-12-18(38-2)5-7-23(22)30-15-36/h4-7,10-12,14-15,20-21H,8-9,13H2,1-3H3,(H,30,36)(H2,31,32,33). The first-order valence-corrected chi connectivity index (χ1v) is 12.7. The normalized spacial score (nSPS) is 18.4. The Morgan fingerprint density at radius 3 is 2.67 bits per heavy atom. The number of nitrogens with zero attached hydrogens (tertiary/aromatic N) is 4. The number of methoxy groups -OCH3 is 2. The molecule has 200 valence electrons. The summed E-state index contributed by atoms with van der Waals surface area (Å²) in [6.07, 6.45) is 3.32. The lowest BCUT2D eigenvalue weighted by Gasteiger charge is -2.18. The van der Waals surface area contributed by atoms with Crippen molar-refractivity contribution in [3.05, 3.63) is 59.8 Å². The number of carbonyl (C=O) groups excluding carboxylic acids is 2. The number of fused-ring (bicyclic) bond motifs is 1. The Labute approximate surface area is 225 Å². The summed E-state index contributed by atoms with van der Waals surface area (Å²) in [4.78, 5) is 31.4. The number of rotatable bonds is 9. The molecule has 4 aromatic rings. The average molecular weight is 528 g/mol. The highest BCUT2D eigenvalue weighted by atomic mass is 16.5. The Bertz CT molecular complexity index is 1570. The van der Waals surface area contributed by atoms with Gasteiger partial charge in [0.05, 0.1) is 31.6 Å². The van der Waals surface area contributed by atoms with E-state index >= 15 is 0 Å². The van der Waals surface area contributed by atoms with Crippen LogP contribution in [0.2, 0.25) is 0 Å². The summed E-state index contributed by atoms with van der Waals surface area (Å²) in [6, 6.07) is 13.8. The van der Waals surface area contributed by atoms with Crippen molar-refractivity contribution < 1.29 is 19.1 Å². The smallest absolute Gasteiger partial charge is 0.324 e. The number of ether oxygens (including phenoxy) is 2. The number of urea groups is 1. The number of anilines is 4. The minimum atomic E-state index is -0.0629. The van der Waals surface area contributed by atoms with E-state index in [2.05, 4.69) is 37.9 Å². The van der Waals surface area contributed by atoms with Crippen LogP contribution in [0.5, 0.6) is 11.6 Å². The van der Waals surface area contributed by atoms with E-state index in [0.29, 0.717) is 48.5 Å². The summed E-state index contributed by atoms with van der Waals surface area (Å²) in [6.45, 7) is 1.26. The molecule has 1 saturated carbocycles. The van der Waals surface area contributed by atoms with Gasteiger partial charge in [0.1, 0.15) is 11.4 Å². The lowest BCUT2D eigenvalue weighted by molar-refractivity contribution is -0.105. The molecule has 11 nitrogen and oxygen atoms in total. The van der Waals surface area contributed by atoms with Gasteiger partial charge in [0.15, 0.2) is 5.82 Å². The summed E-state index contributed by atoms with van der Waals surface area (Å²) in [5, 5.41) is 14.7. The molecule has 2 aromatic carbocycles. The van der Waals surface area contributed by atoms with Crippen LogP contribution in [0, 0.1) is 0 Å². The minimum Gasteiger partial charge on any atom is -0.497 e. The van der Waals surface area contributed by atoms with Gasteiger partial charge in [0, 0.05) is 31.2 Å². The van der Waals surface area contributed by atoms with Crippen LogP contribution in [0.1, 0.15) is 29.4 Å². The molecule has 0 bridgehead atoms. The van der Waals surface area contributed by atoms with Gasteiger partial charge >= 0.3 is 6.03 Å². The number of nitrogens with one attached hydrogen (secondary N) is 3. The third-order valence-corrected chi connectivity index (χ3v) is 7.49. The molecule has 39 heavy (non-hydrogen) atoms. The summed E-state index contributed by atoms with van der Waals surface area (Å²) in [5.74, 6) is 2.42. The number of likely N-dealkylation sites (N-methyl/N-ethyl adjacent to an activating group) is 1. The maximum atomic E-state index is 12.5. The SMILES string of the molecule is COc1ccc(NC=O)c(C2CC2c2ccc3c(Nc4cc(N5CCN(C)C5=O)cnc4OC)n[nH]c3c2)c1. The maximum absolute atomic E-state index is 12.5. The monoisotopic (exact) mass is 527 g/mol. The van der Waals surface area contributed by atoms with Gasteiger partial charge in [-0.15, -0.1) is 0 Å². The largest absolute Gasteiger partial charge is 0.497 e. The molecule has 2 aromatic heterocycles. The molecule has 2 aliphatic rings. The first-order valence-electron chi connectivity index (χ1n) is 12.7. The average Bonchev–Trinajstić information content (AvgIpc) is 3.56. The van der Waals surface area contributed by atoms with Crippen LogP contribution in [0.4, 0.5) is 27.7 Å². The number of H-pyrrole nitrogens is 1. The highest BCUT2D eigenvalue weighted by Gasteiger charge is 2.41. The van der Waals surface area contributed by atoms with E-state index < -0.39 is 0 Å². The first kappa shape index (κ1) is 24.5. The second-order valence-electron chi connectivity index (χ2n) is 9.77. The van der Waals surface area contributed by atoms with Gasteiger partial charge in [-0.05, 0) is 65.8 Å². The lowest BCUT2D eigenvalue weighted by Crippen LogP contribution is -2.29. The molecule has 0 spiro atoms. The fraction of sp³-hybridized carbons (Fsp3) is 0.286. The van der Waals surface area contributed by atoms with Gasteiger partial charge in [-0.2, -0.15) is 5.10 Å². The van der Waals surface area contributed by atoms with Gasteiger partial charge in [0.2, 0.25) is 12.3 Å². The van der Waals surface area contributed by atoms with E-state index in [-0.39, 0.29) is 11.9 Å². The van der Waals surface area contributed by atoms with Gasteiger partial charge < -0.3 is 25.0 Å². The third-order valence-electron chi connectivity index (χ3n) is 7.49. The molecule has 2 atom stereocenters. The molecule has 2 unspecified atom stereocenters. The number of hydrogen-bond donors (Lipinski definition) is 3. The molecule has 11 heteroatoms. The minimum absolute atomic E-state index is 0.0629. The Morgan fingerprint density at radius 2 is 1.92 bits per heavy atom. The first-order chi connectivity index (χ1) is 19.0. The molecular weight excluding hydrogens is 498 g/mol. The number of hydrogen-bond acceptors (Lipinski definition) is 7. The number of benzene rings is 2. The summed E-state index contributed by atoms with van der Waals surface area (Å²) >= 11 is 0. The Kier molecular flexibility index (Phi) is 6.18. The Balaban J connectivity index is 1.25. The zero-order valence-corrected chi connectivity index (χ0v) is 21.9. The van der Waals surface area contributed by atoms with Crippen LogP contribution in [0.3, 0.4) is 0 Å². The van der Waals surface area contributed by atoms with Crippen LogP contribution in [0.15, 0.2) is 48.7 Å². The predicted octanol–water partition coefficient (Wildman–Crippen LogP) is 4.43. The third kappa shape index (κ3) is 4.45. The highest BCUT2D eigenvalue weighted by molar-refractivity contribution is 5.96. The van der Waals surface area contributed by atoms with Crippen molar-refractivity contribution in [2.45, 2.75) is 18.3 Å². The van der Waals surface area contributed by atoms with Crippen LogP contribution in [-0.2, 0) is 4.79 Å². The second-order valence-corrected chi connectivity index (χ2v) is 9.77. The van der Waals surface area contributed by atoms with Crippen molar-refractivity contribution in [3.8, 4) is 11.6 Å². The van der Waals surface area contributed by atoms with Crippen molar-refractivity contribution in [2.75, 3.05) is 49.9 Å². The molecule has 3 N–H and O–H groups in total. The quantitative estimate of drug-likeness (QED) is 0.275. The van der Waals surface area contributed by atoms with Gasteiger partial charge in [-0.3, -0.25) is 14.8 Å². The Morgan fingerprint density at radius 1 is 1.05 bits per heavy atom. The molecule has 6 rings (SSSR count). The predicted molar refractivity (Wildman–Crippen MR) is 148 cm³/mol. The molecule has 3 amide bonds. The molecule has 1 aliphatic carbocycles. The van der Waals surface area contributed by atoms with Crippen LogP contribution in [0.25, 0.3) is 10.9 Å². The van der Waals surface area contributed by atoms with Crippen LogP contribution >= 0.6 is 0 Å². The number of aromatic nitrogens is 3. The van der Waals surface area contributed by atoms with Crippen molar-refractivity contribution in [2.24, 2.45) is 0 Å². The number of aromatic amines is 1. The van der Waals surface area contributed by atoms with Crippen molar-refractivity contribution >= 4 is 46.2 Å². The van der Waals surface area contributed by atoms with E-state index in [0.717, 1.165) is 34.3 Å². The fourth-order valence-electron chi connectivity index (χ4n) is 5.30. The summed E-state index contributed by atoms with van der Waals surface area (Å²) in [5.41, 5.74) is 5.28. The maximum Gasteiger partial charge on any atom is 0.324 e. The van der Waals surface area contributed by atoms with E-state index in [9.17, 15) is 9.59 Å². The summed E-state index contributed by atoms with van der Waals surface area (Å²) in [7, 11) is 4.98. The van der Waals surface area contributed by atoms with E-state index in [4.69, 9.17) is 9.47 Å². The molecule has 1 aliphatic heterocycles. The van der Waals surface area contributed by atoms with E-state index in [1.54, 1.807) is 37.3 Å². The van der Waals surface area contributed by atoms with Crippen molar-refractivity contribution in [3.63, 3.8) is 0 Å². The Hall–Kier alpha value is -4.80. The topological polar surface area (TPSA) is 125 Å². The zero-order valence-electron chi connectivity index (χ0n) is 21.9. The van der Waals surface area contributed by atoms with Gasteiger partial charge in [-0.1, -0.05) is 6.07 Å². The highest BCUT2D eigenvalue weighted by Crippen LogP contribution is 2.57. The van der Waals surface area contributed by atoms with Crippen LogP contribution in [-0.4, -0.2) is 66.9 Å². The molecular formula is C28H29N7O4.